The van der Waals surface area contributed by atoms with Crippen molar-refractivity contribution in [2.24, 2.45) is 5.10 Å². The molecule has 2 N–H and O–H groups in total. The van der Waals surface area contributed by atoms with Gasteiger partial charge in [0.2, 0.25) is 0 Å². The summed E-state index contributed by atoms with van der Waals surface area (Å²) in [5.74, 6) is -0.922. The van der Waals surface area contributed by atoms with E-state index in [0.29, 0.717) is 16.7 Å². The molecular weight excluding hydrogens is 583 g/mol. The van der Waals surface area contributed by atoms with Gasteiger partial charge in [-0.1, -0.05) is 59.6 Å². The third-order valence-corrected chi connectivity index (χ3v) is 6.86. The minimum Gasteiger partial charge on any atom is -0.493 e. The van der Waals surface area contributed by atoms with Crippen molar-refractivity contribution >= 4 is 40.6 Å². The molecule has 11 heteroatoms. The number of hydrogen-bond acceptors (Lipinski definition) is 5. The van der Waals surface area contributed by atoms with Crippen LogP contribution in [0.5, 0.6) is 11.5 Å². The molecule has 0 fully saturated rings. The highest BCUT2D eigenvalue weighted by Crippen LogP contribution is 2.41. The zero-order valence-corrected chi connectivity index (χ0v) is 23.5. The molecule has 0 bridgehead atoms. The van der Waals surface area contributed by atoms with Crippen molar-refractivity contribution in [3.63, 3.8) is 0 Å². The maximum absolute atomic E-state index is 13.8. The van der Waals surface area contributed by atoms with Gasteiger partial charge in [-0.25, -0.2) is 10.2 Å². The standard InChI is InChI=1S/C32H23ClF3N3O4/c1-18-7-5-8-20(15-18)31(41)43-25-14-13-19(16-26(25)42-2)17-37-39-30(40)29-27(21-9-3-4-12-24(21)33)22-10-6-11-23(28(22)38-29)32(34,35)36/h3-17,38H,1-2H3,(H,39,40). The number of carbonyl (C=O) groups excluding carboxylic acids is 2. The van der Waals surface area contributed by atoms with Crippen LogP contribution < -0.4 is 14.9 Å². The number of benzene rings is 4. The number of para-hydroxylation sites is 1. The number of alkyl halides is 3. The first kappa shape index (κ1) is 29.4. The Labute approximate surface area is 248 Å². The summed E-state index contributed by atoms with van der Waals surface area (Å²) in [6.45, 7) is 1.86. The smallest absolute Gasteiger partial charge is 0.418 e. The number of fused-ring (bicyclic) bond motifs is 1. The molecule has 0 aliphatic heterocycles. The number of carbonyl (C=O) groups is 2. The van der Waals surface area contributed by atoms with Crippen LogP contribution in [0, 0.1) is 6.92 Å². The first-order valence-corrected chi connectivity index (χ1v) is 13.2. The van der Waals surface area contributed by atoms with Gasteiger partial charge in [0.1, 0.15) is 5.69 Å². The zero-order chi connectivity index (χ0) is 30.7. The highest BCUT2D eigenvalue weighted by Gasteiger charge is 2.35. The summed E-state index contributed by atoms with van der Waals surface area (Å²) < 4.78 is 52.2. The van der Waals surface area contributed by atoms with Gasteiger partial charge in [-0.15, -0.1) is 0 Å². The number of rotatable bonds is 7. The van der Waals surface area contributed by atoms with Gasteiger partial charge in [0.15, 0.2) is 11.5 Å². The normalized spacial score (nSPS) is 11.6. The minimum atomic E-state index is -4.66. The summed E-state index contributed by atoms with van der Waals surface area (Å²) in [7, 11) is 1.41. The van der Waals surface area contributed by atoms with Crippen LogP contribution in [0.4, 0.5) is 13.2 Å². The van der Waals surface area contributed by atoms with Crippen LogP contribution in [-0.4, -0.2) is 30.2 Å². The van der Waals surface area contributed by atoms with Crippen molar-refractivity contribution in [3.8, 4) is 22.6 Å². The third-order valence-electron chi connectivity index (χ3n) is 6.53. The average molecular weight is 606 g/mol. The van der Waals surface area contributed by atoms with Gasteiger partial charge in [0.25, 0.3) is 5.91 Å². The summed E-state index contributed by atoms with van der Waals surface area (Å²) in [5, 5.41) is 4.41. The Morgan fingerprint density at radius 2 is 1.72 bits per heavy atom. The van der Waals surface area contributed by atoms with Gasteiger partial charge >= 0.3 is 12.1 Å². The Balaban J connectivity index is 1.41. The highest BCUT2D eigenvalue weighted by atomic mass is 35.5. The molecule has 0 atom stereocenters. The molecule has 0 aliphatic carbocycles. The fourth-order valence-electron chi connectivity index (χ4n) is 4.57. The number of aryl methyl sites for hydroxylation is 1. The van der Waals surface area contributed by atoms with E-state index in [0.717, 1.165) is 11.6 Å². The number of hydrogen-bond donors (Lipinski definition) is 2. The van der Waals surface area contributed by atoms with E-state index in [9.17, 15) is 22.8 Å². The van der Waals surface area contributed by atoms with E-state index < -0.39 is 23.6 Å². The predicted octanol–water partition coefficient (Wildman–Crippen LogP) is 7.81. The van der Waals surface area contributed by atoms with Crippen molar-refractivity contribution in [2.75, 3.05) is 7.11 Å². The summed E-state index contributed by atoms with van der Waals surface area (Å²) >= 11 is 6.38. The number of aromatic nitrogens is 1. The largest absolute Gasteiger partial charge is 0.493 e. The van der Waals surface area contributed by atoms with Crippen LogP contribution in [0.1, 0.15) is 37.5 Å². The number of nitrogens with zero attached hydrogens (tertiary/aromatic N) is 1. The van der Waals surface area contributed by atoms with Crippen LogP contribution >= 0.6 is 11.6 Å². The molecule has 1 amide bonds. The predicted molar refractivity (Wildman–Crippen MR) is 158 cm³/mol. The lowest BCUT2D eigenvalue weighted by Crippen LogP contribution is -2.19. The molecular formula is C32H23ClF3N3O4. The minimum absolute atomic E-state index is 0.145. The first-order valence-electron chi connectivity index (χ1n) is 12.8. The Morgan fingerprint density at radius 3 is 2.44 bits per heavy atom. The summed E-state index contributed by atoms with van der Waals surface area (Å²) in [6.07, 6.45) is -3.35. The Bertz CT molecular complexity index is 1880. The quantitative estimate of drug-likeness (QED) is 0.0856. The fraction of sp³-hybridized carbons (Fsp3) is 0.0938. The van der Waals surface area contributed by atoms with Gasteiger partial charge in [-0.05, 0) is 55.0 Å². The number of methoxy groups -OCH3 is 1. The molecule has 1 heterocycles. The molecule has 218 valence electrons. The van der Waals surface area contributed by atoms with Crippen molar-refractivity contribution in [1.82, 2.24) is 10.4 Å². The van der Waals surface area contributed by atoms with Crippen LogP contribution in [-0.2, 0) is 6.18 Å². The second kappa shape index (κ2) is 12.0. The maximum Gasteiger partial charge on any atom is 0.418 e. The monoisotopic (exact) mass is 605 g/mol. The second-order valence-corrected chi connectivity index (χ2v) is 9.86. The number of aromatic amines is 1. The van der Waals surface area contributed by atoms with E-state index in [1.54, 1.807) is 54.6 Å². The lowest BCUT2D eigenvalue weighted by molar-refractivity contribution is -0.136. The van der Waals surface area contributed by atoms with E-state index >= 15 is 0 Å². The Kier molecular flexibility index (Phi) is 8.22. The summed E-state index contributed by atoms with van der Waals surface area (Å²) in [4.78, 5) is 28.5. The van der Waals surface area contributed by atoms with E-state index in [2.05, 4.69) is 15.5 Å². The number of halogens is 4. The number of hydrazone groups is 1. The zero-order valence-electron chi connectivity index (χ0n) is 22.8. The lowest BCUT2D eigenvalue weighted by atomic mass is 10.00. The summed E-state index contributed by atoms with van der Waals surface area (Å²) in [5.41, 5.74) is 3.39. The van der Waals surface area contributed by atoms with E-state index in [4.69, 9.17) is 21.1 Å². The van der Waals surface area contributed by atoms with Crippen molar-refractivity contribution in [2.45, 2.75) is 13.1 Å². The highest BCUT2D eigenvalue weighted by molar-refractivity contribution is 6.34. The van der Waals surface area contributed by atoms with Crippen LogP contribution in [0.3, 0.4) is 0 Å². The maximum atomic E-state index is 13.8. The van der Waals surface area contributed by atoms with Gasteiger partial charge < -0.3 is 14.5 Å². The summed E-state index contributed by atoms with van der Waals surface area (Å²) in [6, 6.07) is 21.8. The van der Waals surface area contributed by atoms with Gasteiger partial charge in [0, 0.05) is 21.5 Å². The Morgan fingerprint density at radius 1 is 0.953 bits per heavy atom. The average Bonchev–Trinajstić information content (AvgIpc) is 3.37. The molecule has 0 spiro atoms. The molecule has 5 rings (SSSR count). The van der Waals surface area contributed by atoms with Crippen LogP contribution in [0.2, 0.25) is 5.02 Å². The molecule has 5 aromatic rings. The van der Waals surface area contributed by atoms with Crippen molar-refractivity contribution < 1.29 is 32.2 Å². The fourth-order valence-corrected chi connectivity index (χ4v) is 4.80. The Hall–Kier alpha value is -5.09. The molecule has 4 aromatic carbocycles. The van der Waals surface area contributed by atoms with Gasteiger partial charge in [-0.2, -0.15) is 18.3 Å². The number of ether oxygens (including phenoxy) is 2. The first-order chi connectivity index (χ1) is 20.6. The van der Waals surface area contributed by atoms with Crippen molar-refractivity contribution in [1.29, 1.82) is 0 Å². The molecule has 1 aromatic heterocycles. The molecule has 0 radical (unpaired) electrons. The number of esters is 1. The molecule has 0 aliphatic rings. The molecule has 7 nitrogen and oxygen atoms in total. The molecule has 0 saturated carbocycles. The SMILES string of the molecule is COc1cc(C=NNC(=O)c2[nH]c3c(C(F)(F)F)cccc3c2-c2ccccc2Cl)ccc1OC(=O)c1cccc(C)c1. The lowest BCUT2D eigenvalue weighted by Gasteiger charge is -2.10. The van der Waals surface area contributed by atoms with Crippen molar-refractivity contribution in [3.05, 3.63) is 118 Å². The van der Waals surface area contributed by atoms with Gasteiger partial charge in [0.05, 0.1) is 30.0 Å². The van der Waals surface area contributed by atoms with Crippen LogP contribution in [0.15, 0.2) is 90.0 Å². The third kappa shape index (κ3) is 6.24. The molecule has 43 heavy (non-hydrogen) atoms. The van der Waals surface area contributed by atoms with Crippen LogP contribution in [0.25, 0.3) is 22.0 Å². The van der Waals surface area contributed by atoms with E-state index in [-0.39, 0.29) is 38.7 Å². The van der Waals surface area contributed by atoms with Gasteiger partial charge in [-0.3, -0.25) is 4.79 Å². The molecule has 0 unspecified atom stereocenters. The van der Waals surface area contributed by atoms with E-state index in [1.165, 1.54) is 31.5 Å². The number of H-pyrrole nitrogens is 1. The topological polar surface area (TPSA) is 92.8 Å². The number of amides is 1. The van der Waals surface area contributed by atoms with E-state index in [1.807, 2.05) is 13.0 Å². The molecule has 0 saturated heterocycles. The number of nitrogens with one attached hydrogen (secondary N) is 2. The second-order valence-electron chi connectivity index (χ2n) is 9.45.